The number of hydrogen-bond donors (Lipinski definition) is 1. The molecule has 0 aliphatic heterocycles. The first-order chi connectivity index (χ1) is 10.2. The van der Waals surface area contributed by atoms with Crippen molar-refractivity contribution in [3.05, 3.63) is 42.1 Å². The largest absolute Gasteiger partial charge is 0.390 e. The number of aliphatic hydroxyl groups is 1. The van der Waals surface area contributed by atoms with Crippen LogP contribution in [0.15, 0.2) is 36.5 Å². The Morgan fingerprint density at radius 3 is 2.76 bits per heavy atom. The minimum Gasteiger partial charge on any atom is -0.390 e. The molecule has 0 radical (unpaired) electrons. The molecular formula is C18H23NO2. The van der Waals surface area contributed by atoms with Crippen molar-refractivity contribution in [3.63, 3.8) is 0 Å². The van der Waals surface area contributed by atoms with Gasteiger partial charge < -0.3 is 9.84 Å². The second-order valence-electron chi connectivity index (χ2n) is 5.91. The fraction of sp³-hybridized carbons (Fsp3) is 0.500. The van der Waals surface area contributed by atoms with Gasteiger partial charge in [0, 0.05) is 24.6 Å². The van der Waals surface area contributed by atoms with Crippen molar-refractivity contribution in [2.24, 2.45) is 0 Å². The smallest absolute Gasteiger partial charge is 0.0943 e. The normalized spacial score (nSPS) is 19.0. The number of aliphatic hydroxyl groups excluding tert-OH is 1. The molecule has 1 N–H and O–H groups in total. The molecule has 21 heavy (non-hydrogen) atoms. The van der Waals surface area contributed by atoms with Gasteiger partial charge in [0.05, 0.1) is 17.2 Å². The first kappa shape index (κ1) is 14.5. The molecule has 3 rings (SSSR count). The number of benzene rings is 1. The molecule has 1 aromatic carbocycles. The molecule has 1 atom stereocenters. The standard InChI is InChI=1S/C18H23NO2/c1-2-21-18(10-5-6-11-18)17(20)13-14-9-12-19-16-8-4-3-7-15(14)16/h3-4,7-9,12,17,20H,2,5-6,10-11,13H2,1H3. The van der Waals surface area contributed by atoms with Crippen LogP contribution in [-0.2, 0) is 11.2 Å². The van der Waals surface area contributed by atoms with Crippen LogP contribution in [0.4, 0.5) is 0 Å². The van der Waals surface area contributed by atoms with Crippen LogP contribution in [0, 0.1) is 0 Å². The van der Waals surface area contributed by atoms with Crippen LogP contribution in [0.1, 0.15) is 38.2 Å². The Labute approximate surface area is 126 Å². The molecule has 3 nitrogen and oxygen atoms in total. The Morgan fingerprint density at radius 1 is 1.24 bits per heavy atom. The van der Waals surface area contributed by atoms with Crippen LogP contribution < -0.4 is 0 Å². The van der Waals surface area contributed by atoms with Gasteiger partial charge in [-0.25, -0.2) is 0 Å². The maximum atomic E-state index is 10.8. The van der Waals surface area contributed by atoms with Crippen LogP contribution in [0.25, 0.3) is 10.9 Å². The van der Waals surface area contributed by atoms with Crippen molar-refractivity contribution in [2.75, 3.05) is 6.61 Å². The predicted molar refractivity (Wildman–Crippen MR) is 84.3 cm³/mol. The van der Waals surface area contributed by atoms with Crippen LogP contribution in [0.2, 0.25) is 0 Å². The highest BCUT2D eigenvalue weighted by molar-refractivity contribution is 5.81. The third kappa shape index (κ3) is 2.81. The molecule has 3 heteroatoms. The number of hydrogen-bond acceptors (Lipinski definition) is 3. The molecule has 1 aliphatic rings. The molecule has 0 saturated heterocycles. The Morgan fingerprint density at radius 2 is 2.00 bits per heavy atom. The summed E-state index contributed by atoms with van der Waals surface area (Å²) in [6.07, 6.45) is 6.22. The SMILES string of the molecule is CCOC1(C(O)Cc2ccnc3ccccc23)CCCC1. The van der Waals surface area contributed by atoms with Crippen molar-refractivity contribution in [1.82, 2.24) is 4.98 Å². The molecule has 1 saturated carbocycles. The summed E-state index contributed by atoms with van der Waals surface area (Å²) in [6.45, 7) is 2.67. The number of ether oxygens (including phenoxy) is 1. The zero-order chi connectivity index (χ0) is 14.7. The van der Waals surface area contributed by atoms with E-state index in [4.69, 9.17) is 4.74 Å². The molecule has 1 heterocycles. The predicted octanol–water partition coefficient (Wildman–Crippen LogP) is 3.49. The monoisotopic (exact) mass is 285 g/mol. The summed E-state index contributed by atoms with van der Waals surface area (Å²) in [6, 6.07) is 10.1. The molecule has 0 bridgehead atoms. The number of pyridine rings is 1. The van der Waals surface area contributed by atoms with E-state index >= 15 is 0 Å². The maximum Gasteiger partial charge on any atom is 0.0943 e. The average molecular weight is 285 g/mol. The molecule has 112 valence electrons. The van der Waals surface area contributed by atoms with E-state index in [0.717, 1.165) is 42.1 Å². The quantitative estimate of drug-likeness (QED) is 0.914. The zero-order valence-electron chi connectivity index (χ0n) is 12.6. The van der Waals surface area contributed by atoms with Gasteiger partial charge in [0.25, 0.3) is 0 Å². The summed E-state index contributed by atoms with van der Waals surface area (Å²) < 4.78 is 5.97. The summed E-state index contributed by atoms with van der Waals surface area (Å²) in [4.78, 5) is 4.39. The Hall–Kier alpha value is -1.45. The number of para-hydroxylation sites is 1. The van der Waals surface area contributed by atoms with Gasteiger partial charge in [-0.3, -0.25) is 4.98 Å². The van der Waals surface area contributed by atoms with Gasteiger partial charge >= 0.3 is 0 Å². The van der Waals surface area contributed by atoms with E-state index in [2.05, 4.69) is 11.1 Å². The van der Waals surface area contributed by atoms with Crippen molar-refractivity contribution in [3.8, 4) is 0 Å². The van der Waals surface area contributed by atoms with Gasteiger partial charge in [-0.1, -0.05) is 31.0 Å². The lowest BCUT2D eigenvalue weighted by Crippen LogP contribution is -2.43. The molecule has 1 fully saturated rings. The summed E-state index contributed by atoms with van der Waals surface area (Å²) in [7, 11) is 0. The second-order valence-corrected chi connectivity index (χ2v) is 5.91. The van der Waals surface area contributed by atoms with Crippen molar-refractivity contribution < 1.29 is 9.84 Å². The zero-order valence-corrected chi connectivity index (χ0v) is 12.6. The first-order valence-corrected chi connectivity index (χ1v) is 7.90. The third-order valence-corrected chi connectivity index (χ3v) is 4.64. The fourth-order valence-corrected chi connectivity index (χ4v) is 3.56. The van der Waals surface area contributed by atoms with E-state index in [9.17, 15) is 5.11 Å². The summed E-state index contributed by atoms with van der Waals surface area (Å²) >= 11 is 0. The van der Waals surface area contributed by atoms with E-state index in [1.54, 1.807) is 0 Å². The number of fused-ring (bicyclic) bond motifs is 1. The third-order valence-electron chi connectivity index (χ3n) is 4.64. The van der Waals surface area contributed by atoms with Crippen molar-refractivity contribution in [2.45, 2.75) is 50.7 Å². The first-order valence-electron chi connectivity index (χ1n) is 7.90. The lowest BCUT2D eigenvalue weighted by atomic mass is 9.89. The van der Waals surface area contributed by atoms with Gasteiger partial charge in [0.15, 0.2) is 0 Å². The van der Waals surface area contributed by atoms with E-state index < -0.39 is 6.10 Å². The number of rotatable bonds is 5. The fourth-order valence-electron chi connectivity index (χ4n) is 3.56. The van der Waals surface area contributed by atoms with E-state index in [1.165, 1.54) is 0 Å². The van der Waals surface area contributed by atoms with Gasteiger partial charge in [0.2, 0.25) is 0 Å². The molecule has 1 aromatic heterocycles. The minimum absolute atomic E-state index is 0.348. The van der Waals surface area contributed by atoms with Crippen LogP contribution in [0.5, 0.6) is 0 Å². The molecular weight excluding hydrogens is 262 g/mol. The van der Waals surface area contributed by atoms with Crippen molar-refractivity contribution in [1.29, 1.82) is 0 Å². The van der Waals surface area contributed by atoms with E-state index in [-0.39, 0.29) is 5.60 Å². The highest BCUT2D eigenvalue weighted by atomic mass is 16.5. The summed E-state index contributed by atoms with van der Waals surface area (Å²) in [5, 5.41) is 11.9. The van der Waals surface area contributed by atoms with Crippen LogP contribution in [-0.4, -0.2) is 28.4 Å². The highest BCUT2D eigenvalue weighted by Crippen LogP contribution is 2.37. The van der Waals surface area contributed by atoms with Crippen molar-refractivity contribution >= 4 is 10.9 Å². The molecule has 0 spiro atoms. The summed E-state index contributed by atoms with van der Waals surface area (Å²) in [5.41, 5.74) is 1.79. The molecule has 2 aromatic rings. The lowest BCUT2D eigenvalue weighted by Gasteiger charge is -2.34. The molecule has 1 aliphatic carbocycles. The topological polar surface area (TPSA) is 42.4 Å². The molecule has 1 unspecified atom stereocenters. The minimum atomic E-state index is -0.453. The van der Waals surface area contributed by atoms with E-state index in [1.807, 2.05) is 37.4 Å². The molecule has 0 amide bonds. The second kappa shape index (κ2) is 6.12. The summed E-state index contributed by atoms with van der Waals surface area (Å²) in [5.74, 6) is 0. The number of nitrogens with zero attached hydrogens (tertiary/aromatic N) is 1. The van der Waals surface area contributed by atoms with Crippen LogP contribution >= 0.6 is 0 Å². The van der Waals surface area contributed by atoms with Gasteiger partial charge in [0.1, 0.15) is 0 Å². The van der Waals surface area contributed by atoms with Crippen LogP contribution in [0.3, 0.4) is 0 Å². The number of aromatic nitrogens is 1. The Balaban J connectivity index is 1.87. The van der Waals surface area contributed by atoms with E-state index in [0.29, 0.717) is 13.0 Å². The maximum absolute atomic E-state index is 10.8. The van der Waals surface area contributed by atoms with Gasteiger partial charge in [-0.15, -0.1) is 0 Å². The Bertz CT molecular complexity index is 600. The van der Waals surface area contributed by atoms with Gasteiger partial charge in [-0.05, 0) is 37.5 Å². The average Bonchev–Trinajstić information content (AvgIpc) is 2.98. The lowest BCUT2D eigenvalue weighted by molar-refractivity contribution is -0.115. The van der Waals surface area contributed by atoms with Gasteiger partial charge in [-0.2, -0.15) is 0 Å². The Kier molecular flexibility index (Phi) is 4.22. The highest BCUT2D eigenvalue weighted by Gasteiger charge is 2.41.